The van der Waals surface area contributed by atoms with E-state index in [2.05, 4.69) is 70.9 Å². The number of hydrogen-bond acceptors (Lipinski definition) is 7. The molecule has 6 rings (SSSR count). The minimum absolute atomic E-state index is 0.454. The van der Waals surface area contributed by atoms with E-state index in [1.54, 1.807) is 0 Å². The van der Waals surface area contributed by atoms with Crippen molar-refractivity contribution in [1.82, 2.24) is 10.2 Å². The normalized spacial score (nSPS) is 10.9. The van der Waals surface area contributed by atoms with Crippen molar-refractivity contribution in [2.75, 3.05) is 11.5 Å². The minimum atomic E-state index is 0.454. The highest BCUT2D eigenvalue weighted by Gasteiger charge is 2.17. The Morgan fingerprint density at radius 1 is 0.614 bits per heavy atom. The monoisotopic (exact) mass is 615 g/mol. The van der Waals surface area contributed by atoms with Gasteiger partial charge in [0.25, 0.3) is 0 Å². The molecule has 0 radical (unpaired) electrons. The number of nitrogens with zero attached hydrogens (tertiary/aromatic N) is 2. The zero-order valence-electron chi connectivity index (χ0n) is 24.3. The zero-order valence-corrected chi connectivity index (χ0v) is 25.9. The molecule has 5 aromatic carbocycles. The van der Waals surface area contributed by atoms with Gasteiger partial charge in [0, 0.05) is 27.8 Å². The van der Waals surface area contributed by atoms with Crippen LogP contribution in [0.2, 0.25) is 0 Å². The van der Waals surface area contributed by atoms with Gasteiger partial charge in [-0.05, 0) is 59.6 Å². The Hall–Kier alpha value is -4.59. The molecule has 0 atom stereocenters. The Morgan fingerprint density at radius 2 is 1.18 bits per heavy atom. The molecule has 0 saturated heterocycles. The third-order valence-electron chi connectivity index (χ3n) is 7.03. The summed E-state index contributed by atoms with van der Waals surface area (Å²) in [4.78, 5) is 1.12. The first kappa shape index (κ1) is 29.5. The van der Waals surface area contributed by atoms with Crippen LogP contribution < -0.4 is 15.2 Å². The Balaban J connectivity index is 1.22. The van der Waals surface area contributed by atoms with Gasteiger partial charge in [-0.3, -0.25) is 0 Å². The molecule has 0 aliphatic heterocycles. The number of thioether (sulfide) groups is 1. The number of hydrogen-bond donors (Lipinski definition) is 1. The second-order valence-corrected chi connectivity index (χ2v) is 12.4. The van der Waals surface area contributed by atoms with E-state index in [9.17, 15) is 0 Å². The maximum absolute atomic E-state index is 6.52. The summed E-state index contributed by atoms with van der Waals surface area (Å²) in [7, 11) is 0. The molecule has 0 aliphatic rings. The van der Waals surface area contributed by atoms with Crippen LogP contribution in [0.1, 0.15) is 23.1 Å². The summed E-state index contributed by atoms with van der Waals surface area (Å²) in [6.07, 6.45) is 2.12. The van der Waals surface area contributed by atoms with E-state index < -0.39 is 0 Å². The van der Waals surface area contributed by atoms with Crippen molar-refractivity contribution in [2.45, 2.75) is 31.0 Å². The standard InChI is InChI=1S/C37H33N3O2S2/c38-33-19-10-20-34(43-21-11-18-27-12-4-1-5-13-27)35(33)37-40-39-36(44-37)30-22-31(41-25-28-14-6-2-7-15-28)24-32(23-30)42-26-29-16-8-3-9-17-29/h1-10,12-17,19-20,22-24H,11,18,21,25-26,38H2. The highest BCUT2D eigenvalue weighted by molar-refractivity contribution is 7.99. The maximum atomic E-state index is 6.52. The summed E-state index contributed by atoms with van der Waals surface area (Å²) in [5, 5.41) is 10.8. The number of benzene rings is 5. The van der Waals surface area contributed by atoms with E-state index in [4.69, 9.17) is 15.2 Å². The molecule has 0 bridgehead atoms. The Bertz CT molecular complexity index is 1720. The van der Waals surface area contributed by atoms with Crippen molar-refractivity contribution in [3.63, 3.8) is 0 Å². The molecule has 0 fully saturated rings. The van der Waals surface area contributed by atoms with Crippen molar-refractivity contribution in [3.05, 3.63) is 144 Å². The fourth-order valence-corrected chi connectivity index (χ4v) is 6.80. The van der Waals surface area contributed by atoms with Crippen LogP contribution in [0.5, 0.6) is 11.5 Å². The molecule has 1 heterocycles. The first-order valence-corrected chi connectivity index (χ1v) is 16.4. The summed E-state index contributed by atoms with van der Waals surface area (Å²) >= 11 is 3.34. The van der Waals surface area contributed by atoms with Gasteiger partial charge in [0.1, 0.15) is 29.7 Å². The van der Waals surface area contributed by atoms with Crippen molar-refractivity contribution in [2.24, 2.45) is 0 Å². The van der Waals surface area contributed by atoms with Crippen LogP contribution >= 0.6 is 23.1 Å². The highest BCUT2D eigenvalue weighted by atomic mass is 32.2. The molecule has 0 amide bonds. The van der Waals surface area contributed by atoms with Gasteiger partial charge < -0.3 is 15.2 Å². The number of anilines is 1. The van der Waals surface area contributed by atoms with Gasteiger partial charge in [0.05, 0.1) is 0 Å². The molecule has 1 aromatic heterocycles. The average Bonchev–Trinajstić information content (AvgIpc) is 3.56. The zero-order chi connectivity index (χ0) is 30.0. The maximum Gasteiger partial charge on any atom is 0.151 e. The molecule has 0 aliphatic carbocycles. The summed E-state index contributed by atoms with van der Waals surface area (Å²) < 4.78 is 12.4. The number of rotatable bonds is 13. The topological polar surface area (TPSA) is 70.3 Å². The Kier molecular flexibility index (Phi) is 9.87. The second kappa shape index (κ2) is 14.7. The summed E-state index contributed by atoms with van der Waals surface area (Å²) in [6.45, 7) is 0.907. The SMILES string of the molecule is Nc1cccc(SCCCc2ccccc2)c1-c1nnc(-c2cc(OCc3ccccc3)cc(OCc3ccccc3)c2)s1. The van der Waals surface area contributed by atoms with Crippen LogP contribution in [0.25, 0.3) is 21.1 Å². The second-order valence-electron chi connectivity index (χ2n) is 10.3. The van der Waals surface area contributed by atoms with Gasteiger partial charge in [0.2, 0.25) is 0 Å². The molecule has 0 spiro atoms. The number of ether oxygens (including phenoxy) is 2. The number of nitrogens with two attached hydrogens (primary N) is 1. The average molecular weight is 616 g/mol. The van der Waals surface area contributed by atoms with Crippen LogP contribution in [-0.4, -0.2) is 16.0 Å². The van der Waals surface area contributed by atoms with Crippen LogP contribution in [0.15, 0.2) is 132 Å². The van der Waals surface area contributed by atoms with Crippen molar-refractivity contribution in [3.8, 4) is 32.6 Å². The van der Waals surface area contributed by atoms with Gasteiger partial charge in [-0.1, -0.05) is 108 Å². The predicted octanol–water partition coefficient (Wildman–Crippen LogP) is 9.34. The quantitative estimate of drug-likeness (QED) is 0.0793. The third-order valence-corrected chi connectivity index (χ3v) is 9.16. The number of aromatic nitrogens is 2. The van der Waals surface area contributed by atoms with Gasteiger partial charge in [-0.15, -0.1) is 22.0 Å². The Morgan fingerprint density at radius 3 is 1.80 bits per heavy atom. The lowest BCUT2D eigenvalue weighted by Crippen LogP contribution is -1.98. The fraction of sp³-hybridized carbons (Fsp3) is 0.135. The van der Waals surface area contributed by atoms with E-state index in [1.807, 2.05) is 78.5 Å². The van der Waals surface area contributed by atoms with Crippen molar-refractivity contribution < 1.29 is 9.47 Å². The van der Waals surface area contributed by atoms with Gasteiger partial charge in [-0.25, -0.2) is 0 Å². The van der Waals surface area contributed by atoms with Gasteiger partial charge in [-0.2, -0.15) is 0 Å². The summed E-state index contributed by atoms with van der Waals surface area (Å²) in [5.41, 5.74) is 12.6. The van der Waals surface area contributed by atoms with Crippen LogP contribution in [-0.2, 0) is 19.6 Å². The molecule has 6 aromatic rings. The minimum Gasteiger partial charge on any atom is -0.489 e. The lowest BCUT2D eigenvalue weighted by Gasteiger charge is -2.12. The van der Waals surface area contributed by atoms with Crippen LogP contribution in [0.4, 0.5) is 5.69 Å². The van der Waals surface area contributed by atoms with E-state index in [-0.39, 0.29) is 0 Å². The van der Waals surface area contributed by atoms with E-state index in [0.29, 0.717) is 30.4 Å². The van der Waals surface area contributed by atoms with Crippen molar-refractivity contribution >= 4 is 28.8 Å². The van der Waals surface area contributed by atoms with Crippen LogP contribution in [0.3, 0.4) is 0 Å². The van der Waals surface area contributed by atoms with E-state index in [1.165, 1.54) is 16.9 Å². The molecule has 2 N–H and O–H groups in total. The molecule has 7 heteroatoms. The number of nitrogen functional groups attached to an aromatic ring is 1. The first-order valence-electron chi connectivity index (χ1n) is 14.6. The third kappa shape index (κ3) is 7.86. The fourth-order valence-electron chi connectivity index (χ4n) is 4.78. The first-order chi connectivity index (χ1) is 21.7. The lowest BCUT2D eigenvalue weighted by atomic mass is 10.1. The highest BCUT2D eigenvalue weighted by Crippen LogP contribution is 2.41. The molecule has 5 nitrogen and oxygen atoms in total. The van der Waals surface area contributed by atoms with Crippen molar-refractivity contribution in [1.29, 1.82) is 0 Å². The molecular weight excluding hydrogens is 583 g/mol. The molecule has 44 heavy (non-hydrogen) atoms. The smallest absolute Gasteiger partial charge is 0.151 e. The van der Waals surface area contributed by atoms with Crippen LogP contribution in [0, 0.1) is 0 Å². The predicted molar refractivity (Wildman–Crippen MR) is 182 cm³/mol. The molecule has 220 valence electrons. The summed E-state index contributed by atoms with van der Waals surface area (Å²) in [5.74, 6) is 2.40. The molecular formula is C37H33N3O2S2. The van der Waals surface area contributed by atoms with E-state index in [0.717, 1.165) is 55.8 Å². The lowest BCUT2D eigenvalue weighted by molar-refractivity contribution is 0.290. The largest absolute Gasteiger partial charge is 0.489 e. The summed E-state index contributed by atoms with van der Waals surface area (Å²) in [6, 6.07) is 42.8. The Labute approximate surface area is 266 Å². The van der Waals surface area contributed by atoms with Gasteiger partial charge >= 0.3 is 0 Å². The number of aryl methyl sites for hydroxylation is 1. The molecule has 0 saturated carbocycles. The van der Waals surface area contributed by atoms with E-state index >= 15 is 0 Å². The molecule has 0 unspecified atom stereocenters. The van der Waals surface area contributed by atoms with Gasteiger partial charge in [0.15, 0.2) is 5.01 Å².